The summed E-state index contributed by atoms with van der Waals surface area (Å²) in [6.45, 7) is 4.29. The number of hydrogen-bond donors (Lipinski definition) is 1. The maximum atomic E-state index is 5.83. The maximum absolute atomic E-state index is 5.83. The molecule has 39 heavy (non-hydrogen) atoms. The van der Waals surface area contributed by atoms with Gasteiger partial charge in [-0.05, 0) is 66.1 Å². The van der Waals surface area contributed by atoms with Crippen LogP contribution in [0.15, 0.2) is 79.1 Å². The first-order valence-corrected chi connectivity index (χ1v) is 12.9. The molecule has 3 aromatic carbocycles. The Morgan fingerprint density at radius 3 is 2.49 bits per heavy atom. The van der Waals surface area contributed by atoms with E-state index in [0.29, 0.717) is 17.5 Å². The number of nitrogens with one attached hydrogen (secondary N) is 1. The first-order chi connectivity index (χ1) is 19.0. The summed E-state index contributed by atoms with van der Waals surface area (Å²) in [4.78, 5) is 4.44. The van der Waals surface area contributed by atoms with Crippen molar-refractivity contribution >= 4 is 33.4 Å². The minimum atomic E-state index is 0.241. The van der Waals surface area contributed by atoms with Gasteiger partial charge in [-0.25, -0.2) is 0 Å². The Kier molecular flexibility index (Phi) is 6.15. The molecule has 0 fully saturated rings. The zero-order valence-corrected chi connectivity index (χ0v) is 22.6. The summed E-state index contributed by atoms with van der Waals surface area (Å²) in [5.74, 6) is 2.94. The Bertz CT molecular complexity index is 1820. The number of fused-ring (bicyclic) bond motifs is 2. The van der Waals surface area contributed by atoms with E-state index in [0.717, 1.165) is 50.1 Å². The highest BCUT2D eigenvalue weighted by atomic mass is 16.5. The van der Waals surface area contributed by atoms with Crippen molar-refractivity contribution in [2.24, 2.45) is 7.05 Å². The number of nitrogens with zero attached hydrogens (tertiary/aromatic N) is 5. The highest BCUT2D eigenvalue weighted by Crippen LogP contribution is 2.40. The number of benzene rings is 3. The predicted molar refractivity (Wildman–Crippen MR) is 155 cm³/mol. The van der Waals surface area contributed by atoms with Crippen molar-refractivity contribution in [3.8, 4) is 28.6 Å². The molecular weight excluding hydrogens is 488 g/mol. The zero-order valence-electron chi connectivity index (χ0n) is 22.6. The second kappa shape index (κ2) is 9.79. The summed E-state index contributed by atoms with van der Waals surface area (Å²) in [6.07, 6.45) is 3.86. The SMILES string of the molecule is COc1cc(OC)c(C(C)C)cc1-c1nnc(Nc2ccc3ncccc3c2)n1-c1ccc2c(ccn2C)c1. The number of aromatic nitrogens is 5. The lowest BCUT2D eigenvalue weighted by Crippen LogP contribution is -2.05. The van der Waals surface area contributed by atoms with Gasteiger partial charge < -0.3 is 19.4 Å². The first-order valence-electron chi connectivity index (χ1n) is 12.9. The summed E-state index contributed by atoms with van der Waals surface area (Å²) in [5.41, 5.74) is 5.80. The van der Waals surface area contributed by atoms with Crippen LogP contribution in [0.1, 0.15) is 25.3 Å². The smallest absolute Gasteiger partial charge is 0.234 e. The Balaban J connectivity index is 1.56. The Morgan fingerprint density at radius 1 is 0.846 bits per heavy atom. The maximum Gasteiger partial charge on any atom is 0.234 e. The molecule has 0 aliphatic rings. The molecule has 0 bridgehead atoms. The molecule has 196 valence electrons. The molecule has 6 aromatic rings. The average molecular weight is 519 g/mol. The van der Waals surface area contributed by atoms with Crippen molar-refractivity contribution in [3.05, 3.63) is 84.7 Å². The highest BCUT2D eigenvalue weighted by Gasteiger charge is 2.23. The summed E-state index contributed by atoms with van der Waals surface area (Å²) in [6, 6.07) is 22.5. The Morgan fingerprint density at radius 2 is 1.69 bits per heavy atom. The summed E-state index contributed by atoms with van der Waals surface area (Å²) >= 11 is 0. The molecule has 0 unspecified atom stereocenters. The van der Waals surface area contributed by atoms with Crippen molar-refractivity contribution in [3.63, 3.8) is 0 Å². The van der Waals surface area contributed by atoms with E-state index in [1.165, 1.54) is 0 Å². The number of rotatable bonds is 7. The van der Waals surface area contributed by atoms with Crippen molar-refractivity contribution in [2.75, 3.05) is 19.5 Å². The van der Waals surface area contributed by atoms with Crippen LogP contribution in [0.25, 0.3) is 38.9 Å². The molecule has 0 radical (unpaired) electrons. The fourth-order valence-electron chi connectivity index (χ4n) is 5.02. The van der Waals surface area contributed by atoms with Crippen LogP contribution in [0.2, 0.25) is 0 Å². The number of pyridine rings is 1. The Hall–Kier alpha value is -4.85. The molecule has 8 heteroatoms. The second-order valence-electron chi connectivity index (χ2n) is 9.84. The molecule has 6 rings (SSSR count). The number of ether oxygens (including phenoxy) is 2. The van der Waals surface area contributed by atoms with E-state index in [2.05, 4.69) is 81.5 Å². The molecule has 0 saturated carbocycles. The average Bonchev–Trinajstić information content (AvgIpc) is 3.54. The fourth-order valence-corrected chi connectivity index (χ4v) is 5.02. The molecule has 0 aliphatic heterocycles. The van der Waals surface area contributed by atoms with E-state index < -0.39 is 0 Å². The third-order valence-corrected chi connectivity index (χ3v) is 7.06. The molecule has 0 saturated heterocycles. The number of aryl methyl sites for hydroxylation is 1. The van der Waals surface area contributed by atoms with Crippen LogP contribution in [-0.4, -0.2) is 38.5 Å². The van der Waals surface area contributed by atoms with E-state index >= 15 is 0 Å². The summed E-state index contributed by atoms with van der Waals surface area (Å²) in [5, 5.41) is 15.0. The Labute approximate surface area is 226 Å². The molecule has 3 aromatic heterocycles. The molecular formula is C31H30N6O2. The van der Waals surface area contributed by atoms with Crippen molar-refractivity contribution in [1.82, 2.24) is 24.3 Å². The van der Waals surface area contributed by atoms with E-state index in [1.54, 1.807) is 20.4 Å². The molecule has 3 heterocycles. The lowest BCUT2D eigenvalue weighted by molar-refractivity contribution is 0.390. The lowest BCUT2D eigenvalue weighted by atomic mass is 9.98. The van der Waals surface area contributed by atoms with E-state index in [9.17, 15) is 0 Å². The van der Waals surface area contributed by atoms with E-state index in [-0.39, 0.29) is 5.92 Å². The van der Waals surface area contributed by atoms with Gasteiger partial charge in [0.25, 0.3) is 0 Å². The largest absolute Gasteiger partial charge is 0.496 e. The third kappa shape index (κ3) is 4.33. The van der Waals surface area contributed by atoms with Crippen LogP contribution in [-0.2, 0) is 7.05 Å². The predicted octanol–water partition coefficient (Wildman–Crippen LogP) is 6.86. The standard InChI is InChI=1S/C31H30N6O2/c1-19(2)24-17-25(29(39-5)18-28(24)38-4)30-34-35-31(33-22-8-10-26-20(15-22)7-6-13-32-26)37(30)23-9-11-27-21(16-23)12-14-36(27)3/h6-19H,1-5H3,(H,33,35). The minimum absolute atomic E-state index is 0.241. The van der Waals surface area contributed by atoms with Crippen LogP contribution in [0.3, 0.4) is 0 Å². The van der Waals surface area contributed by atoms with Gasteiger partial charge in [0.05, 0.1) is 31.0 Å². The third-order valence-electron chi connectivity index (χ3n) is 7.06. The van der Waals surface area contributed by atoms with Crippen molar-refractivity contribution < 1.29 is 9.47 Å². The van der Waals surface area contributed by atoms with Gasteiger partial charge in [0, 0.05) is 47.5 Å². The van der Waals surface area contributed by atoms with Gasteiger partial charge in [-0.15, -0.1) is 10.2 Å². The normalized spacial score (nSPS) is 11.4. The van der Waals surface area contributed by atoms with Crippen LogP contribution in [0.5, 0.6) is 11.5 Å². The molecule has 0 amide bonds. The van der Waals surface area contributed by atoms with Gasteiger partial charge in [-0.2, -0.15) is 0 Å². The van der Waals surface area contributed by atoms with Crippen LogP contribution in [0.4, 0.5) is 11.6 Å². The van der Waals surface area contributed by atoms with Gasteiger partial charge >= 0.3 is 0 Å². The van der Waals surface area contributed by atoms with Gasteiger partial charge in [-0.3, -0.25) is 9.55 Å². The quantitative estimate of drug-likeness (QED) is 0.249. The lowest BCUT2D eigenvalue weighted by Gasteiger charge is -2.18. The first kappa shape index (κ1) is 24.5. The van der Waals surface area contributed by atoms with E-state index in [1.807, 2.05) is 41.9 Å². The van der Waals surface area contributed by atoms with E-state index in [4.69, 9.17) is 9.47 Å². The number of methoxy groups -OCH3 is 2. The van der Waals surface area contributed by atoms with Crippen LogP contribution >= 0.6 is 0 Å². The summed E-state index contributed by atoms with van der Waals surface area (Å²) in [7, 11) is 5.38. The fraction of sp³-hybridized carbons (Fsp3) is 0.194. The highest BCUT2D eigenvalue weighted by molar-refractivity contribution is 5.85. The molecule has 0 spiro atoms. The van der Waals surface area contributed by atoms with Crippen molar-refractivity contribution in [1.29, 1.82) is 0 Å². The van der Waals surface area contributed by atoms with Gasteiger partial charge in [0.2, 0.25) is 5.95 Å². The molecule has 8 nitrogen and oxygen atoms in total. The monoisotopic (exact) mass is 518 g/mol. The van der Waals surface area contributed by atoms with Crippen LogP contribution in [0, 0.1) is 0 Å². The minimum Gasteiger partial charge on any atom is -0.496 e. The van der Waals surface area contributed by atoms with Gasteiger partial charge in [0.1, 0.15) is 11.5 Å². The van der Waals surface area contributed by atoms with Gasteiger partial charge in [0.15, 0.2) is 5.82 Å². The summed E-state index contributed by atoms with van der Waals surface area (Å²) < 4.78 is 15.7. The van der Waals surface area contributed by atoms with Gasteiger partial charge in [-0.1, -0.05) is 19.9 Å². The topological polar surface area (TPSA) is 79.0 Å². The molecule has 0 atom stereocenters. The van der Waals surface area contributed by atoms with Crippen molar-refractivity contribution in [2.45, 2.75) is 19.8 Å². The zero-order chi connectivity index (χ0) is 27.1. The number of anilines is 2. The number of hydrogen-bond acceptors (Lipinski definition) is 6. The second-order valence-corrected chi connectivity index (χ2v) is 9.84. The van der Waals surface area contributed by atoms with Crippen LogP contribution < -0.4 is 14.8 Å². The molecule has 0 aliphatic carbocycles. The molecule has 1 N–H and O–H groups in total.